The average Bonchev–Trinajstić information content (AvgIpc) is 3.16. The Morgan fingerprint density at radius 1 is 1.11 bits per heavy atom. The van der Waals surface area contributed by atoms with Crippen LogP contribution in [0.4, 0.5) is 11.4 Å². The van der Waals surface area contributed by atoms with Gasteiger partial charge in [0.2, 0.25) is 0 Å². The summed E-state index contributed by atoms with van der Waals surface area (Å²) in [6.45, 7) is 1.94. The summed E-state index contributed by atoms with van der Waals surface area (Å²) < 4.78 is 5.64. The second kappa shape index (κ2) is 8.01. The Kier molecular flexibility index (Phi) is 5.33. The van der Waals surface area contributed by atoms with Crippen LogP contribution >= 0.6 is 0 Å². The molecule has 0 saturated heterocycles. The number of carbonyl (C=O) groups excluding carboxylic acids is 1. The number of rotatable bonds is 5. The first kappa shape index (κ1) is 18.6. The number of benzene rings is 2. The lowest BCUT2D eigenvalue weighted by molar-refractivity contribution is -0.384. The van der Waals surface area contributed by atoms with E-state index in [2.05, 4.69) is 5.32 Å². The molecule has 1 amide bonds. The highest BCUT2D eigenvalue weighted by atomic mass is 16.6. The van der Waals surface area contributed by atoms with Crippen molar-refractivity contribution in [2.24, 2.45) is 0 Å². The summed E-state index contributed by atoms with van der Waals surface area (Å²) in [4.78, 5) is 22.5. The van der Waals surface area contributed by atoms with Crippen LogP contribution in [0, 0.1) is 28.4 Å². The van der Waals surface area contributed by atoms with Crippen LogP contribution in [0.2, 0.25) is 0 Å². The number of aryl methyl sites for hydroxylation is 1. The van der Waals surface area contributed by atoms with Crippen LogP contribution in [0.3, 0.4) is 0 Å². The molecular formula is C21H15N3O4. The summed E-state index contributed by atoms with van der Waals surface area (Å²) in [6.07, 6.45) is 1.35. The Labute approximate surface area is 160 Å². The van der Waals surface area contributed by atoms with Crippen molar-refractivity contribution >= 4 is 23.4 Å². The highest BCUT2D eigenvalue weighted by molar-refractivity contribution is 6.09. The molecule has 1 N–H and O–H groups in total. The van der Waals surface area contributed by atoms with Gasteiger partial charge in [-0.1, -0.05) is 17.7 Å². The highest BCUT2D eigenvalue weighted by Crippen LogP contribution is 2.25. The third-order valence-electron chi connectivity index (χ3n) is 3.95. The highest BCUT2D eigenvalue weighted by Gasteiger charge is 2.12. The maximum Gasteiger partial charge on any atom is 0.269 e. The third kappa shape index (κ3) is 4.31. The van der Waals surface area contributed by atoms with Crippen molar-refractivity contribution in [3.8, 4) is 17.4 Å². The van der Waals surface area contributed by atoms with Gasteiger partial charge in [0.1, 0.15) is 23.2 Å². The summed E-state index contributed by atoms with van der Waals surface area (Å²) in [5.74, 6) is 0.251. The monoisotopic (exact) mass is 373 g/mol. The number of nitro groups is 1. The first-order chi connectivity index (χ1) is 13.5. The Bertz CT molecular complexity index is 1090. The molecule has 0 aliphatic heterocycles. The number of carbonyl (C=O) groups is 1. The standard InChI is InChI=1S/C21H15N3O4/c1-14-2-6-17(7-3-14)23-21(25)16(13-22)12-19-10-11-20(28-19)15-4-8-18(9-5-15)24(26)27/h2-12H,1H3,(H,23,25)/b16-12-. The van der Waals surface area contributed by atoms with Crippen molar-refractivity contribution in [3.63, 3.8) is 0 Å². The fraction of sp³-hybridized carbons (Fsp3) is 0.0476. The van der Waals surface area contributed by atoms with Gasteiger partial charge < -0.3 is 9.73 Å². The molecule has 7 heteroatoms. The molecule has 28 heavy (non-hydrogen) atoms. The number of nitriles is 1. The predicted molar refractivity (Wildman–Crippen MR) is 104 cm³/mol. The van der Waals surface area contributed by atoms with Crippen LogP contribution in [0.25, 0.3) is 17.4 Å². The summed E-state index contributed by atoms with van der Waals surface area (Å²) in [5.41, 5.74) is 2.17. The van der Waals surface area contributed by atoms with Crippen LogP contribution in [-0.4, -0.2) is 10.8 Å². The number of nitro benzene ring substituents is 1. The van der Waals surface area contributed by atoms with Crippen LogP contribution in [0.1, 0.15) is 11.3 Å². The summed E-state index contributed by atoms with van der Waals surface area (Å²) in [7, 11) is 0. The number of anilines is 1. The molecule has 138 valence electrons. The van der Waals surface area contributed by atoms with Crippen LogP contribution in [0.5, 0.6) is 0 Å². The normalized spacial score (nSPS) is 10.9. The molecule has 0 atom stereocenters. The lowest BCUT2D eigenvalue weighted by Gasteiger charge is -2.04. The van der Waals surface area contributed by atoms with E-state index in [1.165, 1.54) is 18.2 Å². The number of hydrogen-bond acceptors (Lipinski definition) is 5. The fourth-order valence-electron chi connectivity index (χ4n) is 2.46. The summed E-state index contributed by atoms with van der Waals surface area (Å²) in [5, 5.41) is 22.7. The van der Waals surface area contributed by atoms with Gasteiger partial charge in [-0.15, -0.1) is 0 Å². The van der Waals surface area contributed by atoms with Gasteiger partial charge in [-0.2, -0.15) is 5.26 Å². The van der Waals surface area contributed by atoms with Crippen molar-refractivity contribution < 1.29 is 14.1 Å². The van der Waals surface area contributed by atoms with Crippen molar-refractivity contribution in [1.29, 1.82) is 5.26 Å². The Balaban J connectivity index is 1.78. The van der Waals surface area contributed by atoms with E-state index in [9.17, 15) is 20.2 Å². The Morgan fingerprint density at radius 2 is 1.79 bits per heavy atom. The van der Waals surface area contributed by atoms with E-state index in [0.29, 0.717) is 22.8 Å². The largest absolute Gasteiger partial charge is 0.457 e. The molecular weight excluding hydrogens is 358 g/mol. The fourth-order valence-corrected chi connectivity index (χ4v) is 2.46. The van der Waals surface area contributed by atoms with E-state index in [1.54, 1.807) is 36.4 Å². The average molecular weight is 373 g/mol. The van der Waals surface area contributed by atoms with Gasteiger partial charge in [-0.05, 0) is 43.3 Å². The molecule has 0 fully saturated rings. The minimum absolute atomic E-state index is 0.0185. The molecule has 1 heterocycles. The number of nitrogens with one attached hydrogen (secondary N) is 1. The molecule has 0 spiro atoms. The molecule has 3 rings (SSSR count). The molecule has 3 aromatic rings. The van der Waals surface area contributed by atoms with Crippen molar-refractivity contribution in [1.82, 2.24) is 0 Å². The molecule has 1 aromatic heterocycles. The predicted octanol–water partition coefficient (Wildman–Crippen LogP) is 4.71. The molecule has 0 aliphatic carbocycles. The maximum absolute atomic E-state index is 12.3. The number of nitrogens with zero attached hydrogens (tertiary/aromatic N) is 2. The second-order valence-electron chi connectivity index (χ2n) is 6.00. The number of non-ortho nitro benzene ring substituents is 1. The molecule has 0 unspecified atom stereocenters. The first-order valence-electron chi connectivity index (χ1n) is 8.31. The zero-order valence-corrected chi connectivity index (χ0v) is 14.9. The van der Waals surface area contributed by atoms with Crippen molar-refractivity contribution in [3.05, 3.63) is 87.7 Å². The zero-order valence-electron chi connectivity index (χ0n) is 14.9. The van der Waals surface area contributed by atoms with E-state index in [-0.39, 0.29) is 11.3 Å². The van der Waals surface area contributed by atoms with E-state index in [4.69, 9.17) is 4.42 Å². The van der Waals surface area contributed by atoms with E-state index < -0.39 is 10.8 Å². The Hall–Kier alpha value is -4.18. The SMILES string of the molecule is Cc1ccc(NC(=O)/C(C#N)=C\c2ccc(-c3ccc([N+](=O)[O-])cc3)o2)cc1. The lowest BCUT2D eigenvalue weighted by atomic mass is 10.1. The van der Waals surface area contributed by atoms with E-state index in [1.807, 2.05) is 25.1 Å². The quantitative estimate of drug-likeness (QED) is 0.301. The smallest absolute Gasteiger partial charge is 0.269 e. The summed E-state index contributed by atoms with van der Waals surface area (Å²) >= 11 is 0. The molecule has 0 bridgehead atoms. The molecule has 0 saturated carbocycles. The molecule has 0 radical (unpaired) electrons. The lowest BCUT2D eigenvalue weighted by Crippen LogP contribution is -2.13. The molecule has 7 nitrogen and oxygen atoms in total. The van der Waals surface area contributed by atoms with E-state index >= 15 is 0 Å². The topological polar surface area (TPSA) is 109 Å². The molecule has 0 aliphatic rings. The van der Waals surface area contributed by atoms with E-state index in [0.717, 1.165) is 5.56 Å². The van der Waals surface area contributed by atoms with Crippen molar-refractivity contribution in [2.45, 2.75) is 6.92 Å². The van der Waals surface area contributed by atoms with Gasteiger partial charge in [0.15, 0.2) is 0 Å². The van der Waals surface area contributed by atoms with Gasteiger partial charge in [-0.25, -0.2) is 0 Å². The van der Waals surface area contributed by atoms with Crippen LogP contribution in [-0.2, 0) is 4.79 Å². The van der Waals surface area contributed by atoms with Gasteiger partial charge in [-0.3, -0.25) is 14.9 Å². The van der Waals surface area contributed by atoms with Crippen LogP contribution < -0.4 is 5.32 Å². The first-order valence-corrected chi connectivity index (χ1v) is 8.31. The van der Waals surface area contributed by atoms with Gasteiger partial charge >= 0.3 is 0 Å². The van der Waals surface area contributed by atoms with Gasteiger partial charge in [0.25, 0.3) is 11.6 Å². The third-order valence-corrected chi connectivity index (χ3v) is 3.95. The number of amides is 1. The van der Waals surface area contributed by atoms with Gasteiger partial charge in [0, 0.05) is 29.5 Å². The number of furan rings is 1. The van der Waals surface area contributed by atoms with Gasteiger partial charge in [0.05, 0.1) is 4.92 Å². The minimum atomic E-state index is -0.542. The maximum atomic E-state index is 12.3. The van der Waals surface area contributed by atoms with Crippen molar-refractivity contribution in [2.75, 3.05) is 5.32 Å². The second-order valence-corrected chi connectivity index (χ2v) is 6.00. The zero-order chi connectivity index (χ0) is 20.1. The summed E-state index contributed by atoms with van der Waals surface area (Å²) in [6, 6.07) is 18.3. The minimum Gasteiger partial charge on any atom is -0.457 e. The Morgan fingerprint density at radius 3 is 2.39 bits per heavy atom. The molecule has 2 aromatic carbocycles. The number of hydrogen-bond donors (Lipinski definition) is 1. The van der Waals surface area contributed by atoms with Crippen LogP contribution in [0.15, 0.2) is 70.7 Å².